The van der Waals surface area contributed by atoms with Crippen LogP contribution in [-0.4, -0.2) is 9.55 Å². The summed E-state index contributed by atoms with van der Waals surface area (Å²) >= 11 is 6.34. The third-order valence-corrected chi connectivity index (χ3v) is 4.28. The third-order valence-electron chi connectivity index (χ3n) is 3.91. The van der Waals surface area contributed by atoms with Gasteiger partial charge in [0.2, 0.25) is 0 Å². The molecule has 0 bridgehead atoms. The maximum Gasteiger partial charge on any atom is 0.134 e. The Morgan fingerprint density at radius 2 is 1.79 bits per heavy atom. The minimum atomic E-state index is 0.665. The minimum absolute atomic E-state index is 0.665. The van der Waals surface area contributed by atoms with Crippen LogP contribution in [-0.2, 0) is 6.54 Å². The van der Waals surface area contributed by atoms with Crippen molar-refractivity contribution in [1.82, 2.24) is 9.55 Å². The molecule has 0 unspecified atom stereocenters. The molecule has 0 aliphatic heterocycles. The summed E-state index contributed by atoms with van der Waals surface area (Å²) in [4.78, 5) is 4.73. The van der Waals surface area contributed by atoms with Crippen molar-refractivity contribution in [3.8, 4) is 0 Å². The molecule has 0 amide bonds. The molecule has 4 rings (SSSR count). The molecule has 0 radical (unpaired) electrons. The Morgan fingerprint density at radius 1 is 0.958 bits per heavy atom. The lowest BCUT2D eigenvalue weighted by molar-refractivity contribution is 0.557. The van der Waals surface area contributed by atoms with Gasteiger partial charge in [-0.15, -0.1) is 0 Å². The first kappa shape index (κ1) is 14.8. The van der Waals surface area contributed by atoms with Gasteiger partial charge in [0, 0.05) is 5.02 Å². The third kappa shape index (κ3) is 2.86. The van der Waals surface area contributed by atoms with Crippen molar-refractivity contribution in [3.63, 3.8) is 0 Å². The first-order valence-electron chi connectivity index (χ1n) is 7.71. The van der Waals surface area contributed by atoms with Crippen molar-refractivity contribution in [2.75, 3.05) is 0 Å². The predicted molar refractivity (Wildman–Crippen MR) is 97.9 cm³/mol. The monoisotopic (exact) mass is 334 g/mol. The average molecular weight is 335 g/mol. The summed E-state index contributed by atoms with van der Waals surface area (Å²) in [7, 11) is 0. The number of benzene rings is 2. The lowest BCUT2D eigenvalue weighted by Crippen LogP contribution is -2.02. The number of halogens is 1. The van der Waals surface area contributed by atoms with E-state index in [1.807, 2.05) is 66.7 Å². The van der Waals surface area contributed by atoms with E-state index in [1.54, 1.807) is 6.26 Å². The maximum atomic E-state index is 6.34. The number of hydrogen-bond donors (Lipinski definition) is 0. The second-order valence-electron chi connectivity index (χ2n) is 5.49. The van der Waals surface area contributed by atoms with E-state index < -0.39 is 0 Å². The molecule has 0 saturated heterocycles. The van der Waals surface area contributed by atoms with Crippen molar-refractivity contribution in [2.24, 2.45) is 0 Å². The van der Waals surface area contributed by atoms with Crippen LogP contribution in [0.15, 0.2) is 71.3 Å². The fraction of sp³-hybridized carbons (Fsp3) is 0.0500. The molecule has 2 aromatic carbocycles. The van der Waals surface area contributed by atoms with Crippen molar-refractivity contribution < 1.29 is 4.42 Å². The molecule has 3 nitrogen and oxygen atoms in total. The van der Waals surface area contributed by atoms with E-state index in [0.29, 0.717) is 6.54 Å². The highest BCUT2D eigenvalue weighted by Crippen LogP contribution is 2.23. The van der Waals surface area contributed by atoms with E-state index in [9.17, 15) is 0 Å². The number of nitrogens with zero attached hydrogens (tertiary/aromatic N) is 2. The number of para-hydroxylation sites is 2. The fourth-order valence-corrected chi connectivity index (χ4v) is 2.92. The smallest absolute Gasteiger partial charge is 0.134 e. The molecule has 4 aromatic rings. The number of furan rings is 1. The molecule has 0 saturated carbocycles. The van der Waals surface area contributed by atoms with Gasteiger partial charge >= 0.3 is 0 Å². The summed E-state index contributed by atoms with van der Waals surface area (Å²) in [5, 5.41) is 0.760. The Hall–Kier alpha value is -2.78. The van der Waals surface area contributed by atoms with Gasteiger partial charge in [-0.3, -0.25) is 0 Å². The average Bonchev–Trinajstić information content (AvgIpc) is 3.23. The summed E-state index contributed by atoms with van der Waals surface area (Å²) in [6.07, 6.45) is 5.55. The molecule has 0 N–H and O–H groups in total. The molecule has 2 aromatic heterocycles. The van der Waals surface area contributed by atoms with Gasteiger partial charge in [0.15, 0.2) is 0 Å². The molecule has 4 heteroatoms. The largest absolute Gasteiger partial charge is 0.465 e. The van der Waals surface area contributed by atoms with Crippen molar-refractivity contribution >= 4 is 34.8 Å². The molecule has 2 heterocycles. The quantitative estimate of drug-likeness (QED) is 0.493. The highest BCUT2D eigenvalue weighted by atomic mass is 35.5. The zero-order chi connectivity index (χ0) is 16.4. The van der Waals surface area contributed by atoms with Gasteiger partial charge in [0.05, 0.1) is 23.8 Å². The summed E-state index contributed by atoms with van der Waals surface area (Å²) in [5.74, 6) is 1.67. The first-order valence-corrected chi connectivity index (χ1v) is 8.09. The van der Waals surface area contributed by atoms with Crippen molar-refractivity contribution in [3.05, 3.63) is 89.1 Å². The highest BCUT2D eigenvalue weighted by molar-refractivity contribution is 6.31. The Kier molecular flexibility index (Phi) is 3.93. The Morgan fingerprint density at radius 3 is 2.62 bits per heavy atom. The van der Waals surface area contributed by atoms with Crippen LogP contribution in [0.3, 0.4) is 0 Å². The Balaban J connectivity index is 1.80. The van der Waals surface area contributed by atoms with Gasteiger partial charge in [0.1, 0.15) is 11.6 Å². The van der Waals surface area contributed by atoms with Gasteiger partial charge in [-0.05, 0) is 48.0 Å². The number of aromatic nitrogens is 2. The van der Waals surface area contributed by atoms with Crippen LogP contribution in [0, 0.1) is 0 Å². The van der Waals surface area contributed by atoms with Gasteiger partial charge in [0.25, 0.3) is 0 Å². The molecule has 0 fully saturated rings. The molecular formula is C20H15ClN2O. The summed E-state index contributed by atoms with van der Waals surface area (Å²) < 4.78 is 7.52. The van der Waals surface area contributed by atoms with E-state index in [2.05, 4.69) is 10.6 Å². The van der Waals surface area contributed by atoms with E-state index >= 15 is 0 Å². The molecule has 0 spiro atoms. The molecule has 24 heavy (non-hydrogen) atoms. The van der Waals surface area contributed by atoms with Crippen LogP contribution >= 0.6 is 11.6 Å². The Bertz CT molecular complexity index is 1000. The zero-order valence-corrected chi connectivity index (χ0v) is 13.6. The van der Waals surface area contributed by atoms with Gasteiger partial charge in [-0.2, -0.15) is 0 Å². The SMILES string of the molecule is Clc1ccccc1Cn1c(/C=C/c2ccco2)nc2ccccc21. The lowest BCUT2D eigenvalue weighted by atomic mass is 10.2. The van der Waals surface area contributed by atoms with E-state index in [-0.39, 0.29) is 0 Å². The van der Waals surface area contributed by atoms with Gasteiger partial charge < -0.3 is 8.98 Å². The van der Waals surface area contributed by atoms with Crippen LogP contribution in [0.4, 0.5) is 0 Å². The van der Waals surface area contributed by atoms with E-state index in [4.69, 9.17) is 21.0 Å². The van der Waals surface area contributed by atoms with E-state index in [1.165, 1.54) is 0 Å². The maximum absolute atomic E-state index is 6.34. The van der Waals surface area contributed by atoms with Gasteiger partial charge in [-0.25, -0.2) is 4.98 Å². The highest BCUT2D eigenvalue weighted by Gasteiger charge is 2.10. The number of hydrogen-bond acceptors (Lipinski definition) is 2. The molecule has 0 atom stereocenters. The normalized spacial score (nSPS) is 11.5. The summed E-state index contributed by atoms with van der Waals surface area (Å²) in [6, 6.07) is 19.8. The van der Waals surface area contributed by atoms with Crippen molar-refractivity contribution in [1.29, 1.82) is 0 Å². The van der Waals surface area contributed by atoms with Crippen LogP contribution in [0.2, 0.25) is 5.02 Å². The first-order chi connectivity index (χ1) is 11.8. The Labute approximate surface area is 144 Å². The fourth-order valence-electron chi connectivity index (χ4n) is 2.73. The lowest BCUT2D eigenvalue weighted by Gasteiger charge is -2.09. The molecular weight excluding hydrogens is 320 g/mol. The second-order valence-corrected chi connectivity index (χ2v) is 5.89. The number of imidazole rings is 1. The van der Waals surface area contributed by atoms with Crippen LogP contribution in [0.25, 0.3) is 23.2 Å². The van der Waals surface area contributed by atoms with Crippen LogP contribution < -0.4 is 0 Å². The summed E-state index contributed by atoms with van der Waals surface area (Å²) in [5.41, 5.74) is 3.11. The van der Waals surface area contributed by atoms with Crippen LogP contribution in [0.5, 0.6) is 0 Å². The van der Waals surface area contributed by atoms with Crippen LogP contribution in [0.1, 0.15) is 17.1 Å². The second kappa shape index (κ2) is 6.38. The zero-order valence-electron chi connectivity index (χ0n) is 12.9. The summed E-state index contributed by atoms with van der Waals surface area (Å²) in [6.45, 7) is 0.665. The topological polar surface area (TPSA) is 31.0 Å². The molecule has 118 valence electrons. The van der Waals surface area contributed by atoms with E-state index in [0.717, 1.165) is 33.2 Å². The molecule has 0 aliphatic rings. The number of fused-ring (bicyclic) bond motifs is 1. The minimum Gasteiger partial charge on any atom is -0.465 e. The van der Waals surface area contributed by atoms with Gasteiger partial charge in [-0.1, -0.05) is 41.9 Å². The standard InChI is InChI=1S/C20H15ClN2O/c21-17-8-2-1-6-15(17)14-23-19-10-4-3-9-18(19)22-20(23)12-11-16-7-5-13-24-16/h1-13H,14H2/b12-11+. The number of rotatable bonds is 4. The van der Waals surface area contributed by atoms with Crippen molar-refractivity contribution in [2.45, 2.75) is 6.54 Å². The molecule has 0 aliphatic carbocycles. The predicted octanol–water partition coefficient (Wildman–Crippen LogP) is 5.50.